The third-order valence-corrected chi connectivity index (χ3v) is 10.8. The minimum Gasteiger partial charge on any atom is -0.497 e. The van der Waals surface area contributed by atoms with Crippen LogP contribution in [0.5, 0.6) is 5.75 Å². The number of nitrogens with zero attached hydrogens (tertiary/aromatic N) is 3. The highest BCUT2D eigenvalue weighted by Gasteiger charge is 2.27. The Labute approximate surface area is 281 Å². The molecule has 5 rings (SSSR count). The van der Waals surface area contributed by atoms with Crippen LogP contribution in [0.15, 0.2) is 77.7 Å². The van der Waals surface area contributed by atoms with E-state index >= 15 is 0 Å². The van der Waals surface area contributed by atoms with Crippen LogP contribution in [0.3, 0.4) is 0 Å². The molecule has 0 saturated carbocycles. The van der Waals surface area contributed by atoms with Crippen LogP contribution in [0.4, 0.5) is 0 Å². The van der Waals surface area contributed by atoms with Gasteiger partial charge in [-0.2, -0.15) is 5.26 Å². The second-order valence-corrected chi connectivity index (χ2v) is 14.8. The molecule has 0 radical (unpaired) electrons. The Morgan fingerprint density at radius 1 is 1.04 bits per heavy atom. The molecule has 10 heteroatoms. The van der Waals surface area contributed by atoms with E-state index in [0.717, 1.165) is 60.8 Å². The zero-order valence-corrected chi connectivity index (χ0v) is 28.5. The third-order valence-electron chi connectivity index (χ3n) is 8.92. The molecule has 1 heterocycles. The van der Waals surface area contributed by atoms with Gasteiger partial charge in [-0.3, -0.25) is 4.79 Å². The van der Waals surface area contributed by atoms with Gasteiger partial charge in [0.25, 0.3) is 5.91 Å². The number of fused-ring (bicyclic) bond motifs is 1. The molecule has 0 aliphatic carbocycles. The van der Waals surface area contributed by atoms with E-state index in [1.54, 1.807) is 36.2 Å². The molecule has 0 N–H and O–H groups in total. The summed E-state index contributed by atoms with van der Waals surface area (Å²) in [6.45, 7) is 2.90. The molecule has 1 saturated heterocycles. The van der Waals surface area contributed by atoms with Crippen molar-refractivity contribution in [2.45, 2.75) is 36.0 Å². The number of benzene rings is 4. The van der Waals surface area contributed by atoms with Crippen molar-refractivity contribution in [1.29, 1.82) is 5.26 Å². The van der Waals surface area contributed by atoms with Crippen LogP contribution in [0.1, 0.15) is 58.1 Å². The van der Waals surface area contributed by atoms with Gasteiger partial charge < -0.3 is 14.5 Å². The van der Waals surface area contributed by atoms with E-state index in [-0.39, 0.29) is 17.7 Å². The van der Waals surface area contributed by atoms with Gasteiger partial charge in [0, 0.05) is 31.3 Å². The summed E-state index contributed by atoms with van der Waals surface area (Å²) < 4.78 is 30.5. The Morgan fingerprint density at radius 2 is 1.78 bits per heavy atom. The van der Waals surface area contributed by atoms with Gasteiger partial charge in [0.05, 0.1) is 33.7 Å². The van der Waals surface area contributed by atoms with E-state index in [1.807, 2.05) is 48.5 Å². The highest BCUT2D eigenvalue weighted by Crippen LogP contribution is 2.35. The molecular weight excluding hydrogens is 641 g/mol. The van der Waals surface area contributed by atoms with E-state index in [4.69, 9.17) is 27.9 Å². The number of carbonyl (C=O) groups excluding carboxylic acids is 1. The third kappa shape index (κ3) is 7.67. The van der Waals surface area contributed by atoms with Crippen molar-refractivity contribution in [3.05, 3.63) is 105 Å². The maximum atomic E-state index is 13.8. The van der Waals surface area contributed by atoms with Crippen molar-refractivity contribution in [2.24, 2.45) is 0 Å². The van der Waals surface area contributed by atoms with Crippen molar-refractivity contribution in [2.75, 3.05) is 46.6 Å². The van der Waals surface area contributed by atoms with Crippen LogP contribution in [0.2, 0.25) is 10.0 Å². The number of hydrogen-bond acceptors (Lipinski definition) is 6. The summed E-state index contributed by atoms with van der Waals surface area (Å²) in [5.74, 6) is 0.496. The molecule has 1 atom stereocenters. The molecule has 0 spiro atoms. The van der Waals surface area contributed by atoms with Gasteiger partial charge in [-0.15, -0.1) is 0 Å². The van der Waals surface area contributed by atoms with Crippen molar-refractivity contribution in [1.82, 2.24) is 9.80 Å². The fourth-order valence-corrected chi connectivity index (χ4v) is 7.71. The molecule has 0 unspecified atom stereocenters. The molecule has 7 nitrogen and oxygen atoms in total. The number of likely N-dealkylation sites (tertiary alicyclic amines) is 1. The van der Waals surface area contributed by atoms with Gasteiger partial charge in [0.2, 0.25) is 0 Å². The Bertz CT molecular complexity index is 1900. The normalized spacial score (nSPS) is 15.0. The first-order valence-electron chi connectivity index (χ1n) is 15.2. The molecule has 1 amide bonds. The highest BCUT2D eigenvalue weighted by molar-refractivity contribution is 7.90. The van der Waals surface area contributed by atoms with Crippen LogP contribution in [0.25, 0.3) is 10.8 Å². The van der Waals surface area contributed by atoms with E-state index in [1.165, 1.54) is 13.4 Å². The summed E-state index contributed by atoms with van der Waals surface area (Å²) in [6, 6.07) is 24.2. The number of halogens is 2. The number of hydrogen-bond donors (Lipinski definition) is 0. The fraction of sp³-hybridized carbons (Fsp3) is 0.333. The van der Waals surface area contributed by atoms with Crippen molar-refractivity contribution < 1.29 is 17.9 Å². The lowest BCUT2D eigenvalue weighted by Crippen LogP contribution is -2.36. The number of likely N-dealkylation sites (N-methyl/N-ethyl adjacent to an activating group) is 1. The highest BCUT2D eigenvalue weighted by atomic mass is 35.5. The van der Waals surface area contributed by atoms with E-state index in [2.05, 4.69) is 11.0 Å². The second-order valence-electron chi connectivity index (χ2n) is 12.0. The molecule has 0 aromatic heterocycles. The van der Waals surface area contributed by atoms with Crippen molar-refractivity contribution in [3.8, 4) is 11.8 Å². The zero-order valence-electron chi connectivity index (χ0n) is 26.2. The predicted octanol–water partition coefficient (Wildman–Crippen LogP) is 7.56. The van der Waals surface area contributed by atoms with Crippen LogP contribution >= 0.6 is 23.2 Å². The van der Waals surface area contributed by atoms with Gasteiger partial charge >= 0.3 is 0 Å². The van der Waals surface area contributed by atoms with Gasteiger partial charge in [0.1, 0.15) is 5.75 Å². The summed E-state index contributed by atoms with van der Waals surface area (Å²) in [5.41, 5.74) is 2.79. The Morgan fingerprint density at radius 3 is 2.46 bits per heavy atom. The molecule has 240 valence electrons. The summed E-state index contributed by atoms with van der Waals surface area (Å²) in [7, 11) is -0.0781. The average molecular weight is 679 g/mol. The fourth-order valence-electron chi connectivity index (χ4n) is 6.41. The molecule has 1 fully saturated rings. The quantitative estimate of drug-likeness (QED) is 0.172. The van der Waals surface area contributed by atoms with E-state index in [9.17, 15) is 18.5 Å². The number of piperidine rings is 1. The summed E-state index contributed by atoms with van der Waals surface area (Å²) in [6.07, 6.45) is 3.70. The van der Waals surface area contributed by atoms with Gasteiger partial charge in [0.15, 0.2) is 9.84 Å². The van der Waals surface area contributed by atoms with Crippen LogP contribution in [0, 0.1) is 11.3 Å². The van der Waals surface area contributed by atoms with E-state index < -0.39 is 9.84 Å². The minimum atomic E-state index is -3.40. The number of amides is 1. The standard InChI is InChI=1S/C36H37Cl2N3O4S/c1-40(36(42)32-19-24(22-39)18-27-6-4-5-7-30(27)32)23-28(26-8-11-33(37)34(38)20-26)14-17-41-15-12-25(13-16-41)31-10-9-29(45-2)21-35(31)46(3,43)44/h4-11,18-21,25,28H,12-17,23H2,1-3H3/t28-/m1/s1. The summed E-state index contributed by atoms with van der Waals surface area (Å²) in [5, 5.41) is 12.2. The van der Waals surface area contributed by atoms with Gasteiger partial charge in [-0.05, 0) is 103 Å². The lowest BCUT2D eigenvalue weighted by atomic mass is 9.88. The topological polar surface area (TPSA) is 90.7 Å². The first-order valence-corrected chi connectivity index (χ1v) is 17.9. The molecule has 1 aliphatic heterocycles. The number of methoxy groups -OCH3 is 1. The first-order chi connectivity index (χ1) is 22.0. The van der Waals surface area contributed by atoms with Crippen LogP contribution in [-0.4, -0.2) is 70.7 Å². The monoisotopic (exact) mass is 677 g/mol. The van der Waals surface area contributed by atoms with E-state index in [0.29, 0.717) is 38.4 Å². The summed E-state index contributed by atoms with van der Waals surface area (Å²) in [4.78, 5) is 18.3. The minimum absolute atomic E-state index is 0.0229. The average Bonchev–Trinajstić information content (AvgIpc) is 3.06. The van der Waals surface area contributed by atoms with Crippen molar-refractivity contribution in [3.63, 3.8) is 0 Å². The largest absolute Gasteiger partial charge is 0.497 e. The summed E-state index contributed by atoms with van der Waals surface area (Å²) >= 11 is 12.7. The lowest BCUT2D eigenvalue weighted by molar-refractivity contribution is 0.0783. The maximum Gasteiger partial charge on any atom is 0.254 e. The molecule has 46 heavy (non-hydrogen) atoms. The SMILES string of the molecule is COc1ccc(C2CCN(CC[C@H](CN(C)C(=O)c3cc(C#N)cc4ccccc34)c3ccc(Cl)c(Cl)c3)CC2)c(S(C)(=O)=O)c1. The first kappa shape index (κ1) is 33.7. The maximum absolute atomic E-state index is 13.8. The number of rotatable bonds is 10. The molecular formula is C36H37Cl2N3O4S. The zero-order chi connectivity index (χ0) is 33.0. The van der Waals surface area contributed by atoms with Crippen LogP contribution < -0.4 is 4.74 Å². The molecule has 0 bridgehead atoms. The number of carbonyl (C=O) groups is 1. The smallest absolute Gasteiger partial charge is 0.254 e. The molecule has 4 aromatic carbocycles. The Kier molecular flexibility index (Phi) is 10.6. The van der Waals surface area contributed by atoms with Gasteiger partial charge in [-0.1, -0.05) is 59.6 Å². The van der Waals surface area contributed by atoms with Gasteiger partial charge in [-0.25, -0.2) is 8.42 Å². The second kappa shape index (κ2) is 14.4. The Balaban J connectivity index is 1.31. The molecule has 1 aliphatic rings. The molecule has 4 aromatic rings. The predicted molar refractivity (Wildman–Crippen MR) is 184 cm³/mol. The number of ether oxygens (including phenoxy) is 1. The Hall–Kier alpha value is -3.61. The number of sulfone groups is 1. The lowest BCUT2D eigenvalue weighted by Gasteiger charge is -2.34. The van der Waals surface area contributed by atoms with Crippen molar-refractivity contribution >= 4 is 49.7 Å². The number of nitriles is 1. The van der Waals surface area contributed by atoms with Crippen LogP contribution in [-0.2, 0) is 9.84 Å².